The van der Waals surface area contributed by atoms with Crippen molar-refractivity contribution >= 4 is 46.0 Å². The van der Waals surface area contributed by atoms with Gasteiger partial charge in [0.05, 0.1) is 11.3 Å². The first kappa shape index (κ1) is 18.3. The monoisotopic (exact) mass is 394 g/mol. The Morgan fingerprint density at radius 1 is 1.18 bits per heavy atom. The van der Waals surface area contributed by atoms with Crippen LogP contribution < -0.4 is 5.32 Å². The molecule has 0 bridgehead atoms. The molecule has 0 radical (unpaired) electrons. The van der Waals surface area contributed by atoms with Crippen LogP contribution in [0, 0.1) is 0 Å². The van der Waals surface area contributed by atoms with Gasteiger partial charge in [-0.2, -0.15) is 0 Å². The van der Waals surface area contributed by atoms with E-state index in [4.69, 9.17) is 4.74 Å². The molecule has 142 valence electrons. The minimum Gasteiger partial charge on any atom is -0.451 e. The van der Waals surface area contributed by atoms with Crippen LogP contribution in [0.5, 0.6) is 0 Å². The molecule has 1 aliphatic heterocycles. The molecule has 2 heterocycles. The zero-order valence-corrected chi connectivity index (χ0v) is 16.0. The molecule has 2 N–H and O–H groups in total. The Kier molecular flexibility index (Phi) is 4.92. The second kappa shape index (κ2) is 7.52. The maximum atomic E-state index is 12.8. The second-order valence-corrected chi connectivity index (χ2v) is 7.65. The lowest BCUT2D eigenvalue weighted by Crippen LogP contribution is -2.24. The molecule has 0 aliphatic carbocycles. The maximum absolute atomic E-state index is 12.8. The van der Waals surface area contributed by atoms with E-state index in [0.29, 0.717) is 29.0 Å². The van der Waals surface area contributed by atoms with Gasteiger partial charge >= 0.3 is 5.97 Å². The minimum atomic E-state index is -0.936. The Morgan fingerprint density at radius 3 is 2.86 bits per heavy atom. The topological polar surface area (TPSA) is 88.3 Å². The molecule has 6 nitrogen and oxygen atoms in total. The smallest absolute Gasteiger partial charge is 0.338 e. The van der Waals surface area contributed by atoms with Gasteiger partial charge in [-0.25, -0.2) is 4.79 Å². The summed E-state index contributed by atoms with van der Waals surface area (Å²) in [5.74, 6) is -0.269. The van der Waals surface area contributed by atoms with Gasteiger partial charge in [0.2, 0.25) is 11.7 Å². The van der Waals surface area contributed by atoms with E-state index in [9.17, 15) is 14.4 Å². The van der Waals surface area contributed by atoms with Gasteiger partial charge in [0, 0.05) is 39.7 Å². The third-order valence-electron chi connectivity index (χ3n) is 4.58. The number of ketones is 1. The second-order valence-electron chi connectivity index (χ2n) is 6.52. The van der Waals surface area contributed by atoms with Crippen LogP contribution in [0.3, 0.4) is 0 Å². The molecular formula is C21H18N2O4S. The van der Waals surface area contributed by atoms with Gasteiger partial charge in [0.1, 0.15) is 0 Å². The Hall–Kier alpha value is -3.06. The molecule has 0 unspecified atom stereocenters. The highest BCUT2D eigenvalue weighted by molar-refractivity contribution is 7.99. The third-order valence-corrected chi connectivity index (χ3v) is 5.66. The fraction of sp³-hybridized carbons (Fsp3) is 0.190. The summed E-state index contributed by atoms with van der Waals surface area (Å²) in [5.41, 5.74) is 2.22. The number of carbonyl (C=O) groups excluding carboxylic acids is 3. The summed E-state index contributed by atoms with van der Waals surface area (Å²) in [4.78, 5) is 41.0. The van der Waals surface area contributed by atoms with Crippen LogP contribution in [-0.2, 0) is 9.53 Å². The Bertz CT molecular complexity index is 1090. The summed E-state index contributed by atoms with van der Waals surface area (Å²) in [7, 11) is 0. The summed E-state index contributed by atoms with van der Waals surface area (Å²) < 4.78 is 5.40. The molecule has 0 fully saturated rings. The van der Waals surface area contributed by atoms with Crippen LogP contribution in [0.2, 0.25) is 0 Å². The van der Waals surface area contributed by atoms with Crippen LogP contribution in [-0.4, -0.2) is 34.5 Å². The summed E-state index contributed by atoms with van der Waals surface area (Å²) >= 11 is 1.56. The first-order chi connectivity index (χ1) is 13.5. The van der Waals surface area contributed by atoms with Gasteiger partial charge in [-0.1, -0.05) is 18.2 Å². The van der Waals surface area contributed by atoms with Crippen molar-refractivity contribution in [3.05, 3.63) is 59.8 Å². The predicted molar refractivity (Wildman–Crippen MR) is 108 cm³/mol. The van der Waals surface area contributed by atoms with E-state index in [0.717, 1.165) is 15.8 Å². The predicted octanol–water partition coefficient (Wildman–Crippen LogP) is 4.03. The van der Waals surface area contributed by atoms with Crippen molar-refractivity contribution < 1.29 is 19.1 Å². The molecule has 1 atom stereocenters. The highest BCUT2D eigenvalue weighted by Crippen LogP contribution is 2.31. The molecule has 7 heteroatoms. The van der Waals surface area contributed by atoms with Crippen molar-refractivity contribution in [3.8, 4) is 0 Å². The first-order valence-corrected chi connectivity index (χ1v) is 9.89. The van der Waals surface area contributed by atoms with Crippen molar-refractivity contribution in [3.63, 3.8) is 0 Å². The summed E-state index contributed by atoms with van der Waals surface area (Å²) in [6.07, 6.45) is 1.12. The van der Waals surface area contributed by atoms with Gasteiger partial charge < -0.3 is 15.0 Å². The number of benzene rings is 2. The highest BCUT2D eigenvalue weighted by Gasteiger charge is 2.24. The van der Waals surface area contributed by atoms with Crippen molar-refractivity contribution in [1.29, 1.82) is 0 Å². The van der Waals surface area contributed by atoms with E-state index in [1.54, 1.807) is 43.1 Å². The molecule has 3 aromatic rings. The fourth-order valence-corrected chi connectivity index (χ4v) is 4.06. The molecule has 0 saturated heterocycles. The summed E-state index contributed by atoms with van der Waals surface area (Å²) in [5, 5.41) is 3.59. The number of ether oxygens (including phenoxy) is 1. The number of thioether (sulfide) groups is 1. The highest BCUT2D eigenvalue weighted by atomic mass is 32.2. The Labute approximate surface area is 165 Å². The normalized spacial score (nSPS) is 14.7. The van der Waals surface area contributed by atoms with Crippen molar-refractivity contribution in [1.82, 2.24) is 4.98 Å². The Morgan fingerprint density at radius 2 is 2.00 bits per heavy atom. The molecule has 0 spiro atoms. The molecule has 0 saturated carbocycles. The number of aromatic nitrogens is 1. The van der Waals surface area contributed by atoms with Gasteiger partial charge in [0.15, 0.2) is 6.10 Å². The molecule has 1 aliphatic rings. The average Bonchev–Trinajstić information content (AvgIpc) is 3.03. The lowest BCUT2D eigenvalue weighted by Gasteiger charge is -2.13. The zero-order valence-electron chi connectivity index (χ0n) is 15.2. The van der Waals surface area contributed by atoms with Crippen LogP contribution in [0.4, 0.5) is 5.69 Å². The van der Waals surface area contributed by atoms with Gasteiger partial charge in [0.25, 0.3) is 0 Å². The minimum absolute atomic E-state index is 0.0837. The van der Waals surface area contributed by atoms with Crippen molar-refractivity contribution in [2.24, 2.45) is 0 Å². The van der Waals surface area contributed by atoms with Crippen LogP contribution >= 0.6 is 11.8 Å². The van der Waals surface area contributed by atoms with E-state index < -0.39 is 12.1 Å². The van der Waals surface area contributed by atoms with E-state index in [2.05, 4.69) is 10.3 Å². The zero-order chi connectivity index (χ0) is 19.7. The van der Waals surface area contributed by atoms with Crippen molar-refractivity contribution in [2.75, 3.05) is 11.1 Å². The number of H-pyrrole nitrogens is 1. The van der Waals surface area contributed by atoms with E-state index in [1.807, 2.05) is 24.3 Å². The number of fused-ring (bicyclic) bond motifs is 2. The molecule has 1 aromatic heterocycles. The lowest BCUT2D eigenvalue weighted by molar-refractivity contribution is -0.115. The third kappa shape index (κ3) is 3.53. The molecule has 4 rings (SSSR count). The number of rotatable bonds is 4. The number of aromatic amines is 1. The number of para-hydroxylation sites is 1. The fourth-order valence-electron chi connectivity index (χ4n) is 3.12. The van der Waals surface area contributed by atoms with Gasteiger partial charge in [-0.05, 0) is 31.2 Å². The number of hydrogen-bond donors (Lipinski definition) is 2. The van der Waals surface area contributed by atoms with E-state index >= 15 is 0 Å². The molecule has 1 amide bonds. The number of Topliss-reactive ketones (excluding diaryl/α,β-unsaturated/α-hetero) is 1. The van der Waals surface area contributed by atoms with Gasteiger partial charge in [-0.3, -0.25) is 9.59 Å². The SMILES string of the molecule is C[C@H](OC(=O)c1ccc2c(c1)NC(=O)CCS2)C(=O)c1c[nH]c2ccccc12. The van der Waals surface area contributed by atoms with Crippen LogP contribution in [0.25, 0.3) is 10.9 Å². The van der Waals surface area contributed by atoms with Gasteiger partial charge in [-0.15, -0.1) is 11.8 Å². The average molecular weight is 394 g/mol. The quantitative estimate of drug-likeness (QED) is 0.515. The number of carbonyl (C=O) groups is 3. The number of nitrogens with one attached hydrogen (secondary N) is 2. The van der Waals surface area contributed by atoms with E-state index in [-0.39, 0.29) is 11.7 Å². The van der Waals surface area contributed by atoms with Crippen molar-refractivity contribution in [2.45, 2.75) is 24.3 Å². The summed E-state index contributed by atoms with van der Waals surface area (Å²) in [6, 6.07) is 12.5. The maximum Gasteiger partial charge on any atom is 0.338 e. The number of amides is 1. The first-order valence-electron chi connectivity index (χ1n) is 8.91. The number of esters is 1. The van der Waals surface area contributed by atoms with Crippen LogP contribution in [0.15, 0.2) is 53.6 Å². The number of hydrogen-bond acceptors (Lipinski definition) is 5. The summed E-state index contributed by atoms with van der Waals surface area (Å²) in [6.45, 7) is 1.56. The Balaban J connectivity index is 1.52. The molecule has 2 aromatic carbocycles. The largest absolute Gasteiger partial charge is 0.451 e. The lowest BCUT2D eigenvalue weighted by atomic mass is 10.1. The van der Waals surface area contributed by atoms with Crippen LogP contribution in [0.1, 0.15) is 34.1 Å². The standard InChI is InChI=1S/C21H18N2O4S/c1-12(20(25)15-11-22-16-5-3-2-4-14(15)16)27-21(26)13-6-7-18-17(10-13)23-19(24)8-9-28-18/h2-7,10-12,22H,8-9H2,1H3,(H,23,24)/t12-/m0/s1. The molecular weight excluding hydrogens is 376 g/mol. The van der Waals surface area contributed by atoms with E-state index in [1.165, 1.54) is 0 Å². The molecule has 28 heavy (non-hydrogen) atoms. The number of anilines is 1.